The van der Waals surface area contributed by atoms with Gasteiger partial charge in [-0.1, -0.05) is 42.5 Å². The number of aromatic nitrogens is 1. The number of sulfonamides is 1. The van der Waals surface area contributed by atoms with Crippen LogP contribution in [0.2, 0.25) is 0 Å². The lowest BCUT2D eigenvalue weighted by atomic mass is 9.99. The molecule has 226 valence electrons. The fourth-order valence-corrected chi connectivity index (χ4v) is 6.07. The maximum Gasteiger partial charge on any atom is 0.433 e. The summed E-state index contributed by atoms with van der Waals surface area (Å²) in [5.41, 5.74) is 2.67. The van der Waals surface area contributed by atoms with Crippen molar-refractivity contribution in [2.75, 3.05) is 24.4 Å². The first-order valence-corrected chi connectivity index (χ1v) is 15.4. The van der Waals surface area contributed by atoms with Gasteiger partial charge in [-0.15, -0.1) is 0 Å². The lowest BCUT2D eigenvalue weighted by Crippen LogP contribution is -2.32. The maximum absolute atomic E-state index is 14.8. The molecule has 0 spiro atoms. The van der Waals surface area contributed by atoms with Crippen LogP contribution in [0.1, 0.15) is 34.4 Å². The van der Waals surface area contributed by atoms with Crippen molar-refractivity contribution >= 4 is 15.7 Å². The molecule has 5 rings (SSSR count). The minimum atomic E-state index is -4.46. The first-order valence-electron chi connectivity index (χ1n) is 13.9. The molecule has 2 heterocycles. The summed E-state index contributed by atoms with van der Waals surface area (Å²) in [6, 6.07) is 21.3. The highest BCUT2D eigenvalue weighted by Gasteiger charge is 2.32. The predicted octanol–water partition coefficient (Wildman–Crippen LogP) is 6.65. The molecule has 1 aromatic heterocycles. The smallest absolute Gasteiger partial charge is 0.433 e. The standard InChI is InChI=1S/C32H31F4N3O3S/c33-29-20-27(42-18-4-7-23-5-2-1-3-6-23)10-12-30(29)38-43(40,41)28-11-9-26-22-39(17-15-25(26)19-28)16-14-24-8-13-31(37-21-24)32(34,35)36/h1-3,5-6,8-13,19-21,38H,4,7,14-18,22H2. The van der Waals surface area contributed by atoms with Crippen LogP contribution in [-0.4, -0.2) is 38.0 Å². The van der Waals surface area contributed by atoms with E-state index >= 15 is 0 Å². The highest BCUT2D eigenvalue weighted by Crippen LogP contribution is 2.28. The zero-order chi connectivity index (χ0) is 30.5. The molecule has 0 unspecified atom stereocenters. The number of fused-ring (bicyclic) bond motifs is 1. The van der Waals surface area contributed by atoms with Crippen molar-refractivity contribution in [2.45, 2.75) is 43.3 Å². The second-order valence-electron chi connectivity index (χ2n) is 10.4. The lowest BCUT2D eigenvalue weighted by molar-refractivity contribution is -0.141. The largest absolute Gasteiger partial charge is 0.493 e. The zero-order valence-corrected chi connectivity index (χ0v) is 24.1. The van der Waals surface area contributed by atoms with E-state index in [2.05, 4.69) is 14.6 Å². The Hall–Kier alpha value is -3.96. The number of hydrogen-bond donors (Lipinski definition) is 1. The zero-order valence-electron chi connectivity index (χ0n) is 23.3. The van der Waals surface area contributed by atoms with Gasteiger partial charge in [0.15, 0.2) is 5.82 Å². The van der Waals surface area contributed by atoms with Gasteiger partial charge in [0.2, 0.25) is 0 Å². The molecule has 1 aliphatic rings. The summed E-state index contributed by atoms with van der Waals surface area (Å²) in [4.78, 5) is 5.71. The lowest BCUT2D eigenvalue weighted by Gasteiger charge is -2.29. The van der Waals surface area contributed by atoms with Gasteiger partial charge in [-0.25, -0.2) is 12.8 Å². The quantitative estimate of drug-likeness (QED) is 0.152. The average molecular weight is 614 g/mol. The van der Waals surface area contributed by atoms with E-state index in [0.29, 0.717) is 50.4 Å². The molecule has 11 heteroatoms. The topological polar surface area (TPSA) is 71.5 Å². The Kier molecular flexibility index (Phi) is 9.31. The number of halogens is 4. The van der Waals surface area contributed by atoms with Crippen molar-refractivity contribution < 1.29 is 30.7 Å². The van der Waals surface area contributed by atoms with E-state index in [-0.39, 0.29) is 10.6 Å². The van der Waals surface area contributed by atoms with Gasteiger partial charge in [0.05, 0.1) is 17.2 Å². The van der Waals surface area contributed by atoms with Crippen LogP contribution >= 0.6 is 0 Å². The molecule has 1 aliphatic heterocycles. The third kappa shape index (κ3) is 8.11. The summed E-state index contributed by atoms with van der Waals surface area (Å²) in [5, 5.41) is 0. The van der Waals surface area contributed by atoms with Crippen LogP contribution in [0.25, 0.3) is 0 Å². The number of nitrogens with zero attached hydrogens (tertiary/aromatic N) is 2. The molecule has 0 radical (unpaired) electrons. The van der Waals surface area contributed by atoms with Crippen LogP contribution in [0.15, 0.2) is 90.0 Å². The first kappa shape index (κ1) is 30.5. The van der Waals surface area contributed by atoms with E-state index in [0.717, 1.165) is 30.0 Å². The van der Waals surface area contributed by atoms with Gasteiger partial charge in [0.1, 0.15) is 11.4 Å². The number of pyridine rings is 1. The second-order valence-corrected chi connectivity index (χ2v) is 12.1. The molecular formula is C32H31F4N3O3S. The Labute approximate surface area is 248 Å². The van der Waals surface area contributed by atoms with Crippen LogP contribution in [0.3, 0.4) is 0 Å². The van der Waals surface area contributed by atoms with Crippen LogP contribution < -0.4 is 9.46 Å². The van der Waals surface area contributed by atoms with E-state index in [1.165, 1.54) is 42.1 Å². The van der Waals surface area contributed by atoms with Crippen molar-refractivity contribution in [3.8, 4) is 5.75 Å². The molecule has 0 saturated heterocycles. The molecule has 0 amide bonds. The van der Waals surface area contributed by atoms with Crippen molar-refractivity contribution in [2.24, 2.45) is 0 Å². The van der Waals surface area contributed by atoms with Crippen molar-refractivity contribution in [3.05, 3.63) is 119 Å². The molecule has 0 atom stereocenters. The number of rotatable bonds is 11. The molecule has 0 saturated carbocycles. The van der Waals surface area contributed by atoms with Crippen molar-refractivity contribution in [1.29, 1.82) is 0 Å². The summed E-state index contributed by atoms with van der Waals surface area (Å²) in [6.45, 7) is 2.27. The van der Waals surface area contributed by atoms with Gasteiger partial charge in [0.25, 0.3) is 10.0 Å². The number of alkyl halides is 3. The van der Waals surface area contributed by atoms with Gasteiger partial charge in [-0.2, -0.15) is 13.2 Å². The second kappa shape index (κ2) is 13.1. The molecule has 0 fully saturated rings. The van der Waals surface area contributed by atoms with Crippen LogP contribution in [-0.2, 0) is 42.0 Å². The van der Waals surface area contributed by atoms with Crippen LogP contribution in [0, 0.1) is 5.82 Å². The molecule has 6 nitrogen and oxygen atoms in total. The Morgan fingerprint density at radius 1 is 0.907 bits per heavy atom. The third-order valence-corrected chi connectivity index (χ3v) is 8.68. The van der Waals surface area contributed by atoms with Gasteiger partial charge >= 0.3 is 6.18 Å². The summed E-state index contributed by atoms with van der Waals surface area (Å²) in [5.74, 6) is -0.414. The van der Waals surface area contributed by atoms with Gasteiger partial charge < -0.3 is 4.74 Å². The molecule has 0 bridgehead atoms. The Bertz CT molecular complexity index is 1650. The predicted molar refractivity (Wildman–Crippen MR) is 156 cm³/mol. The minimum Gasteiger partial charge on any atom is -0.493 e. The number of anilines is 1. The van der Waals surface area contributed by atoms with Gasteiger partial charge in [-0.05, 0) is 78.3 Å². The third-order valence-electron chi connectivity index (χ3n) is 7.32. The highest BCUT2D eigenvalue weighted by molar-refractivity contribution is 7.92. The van der Waals surface area contributed by atoms with Gasteiger partial charge in [-0.3, -0.25) is 14.6 Å². The monoisotopic (exact) mass is 613 g/mol. The fourth-order valence-electron chi connectivity index (χ4n) is 4.96. The highest BCUT2D eigenvalue weighted by atomic mass is 32.2. The summed E-state index contributed by atoms with van der Waals surface area (Å²) >= 11 is 0. The molecule has 3 aromatic carbocycles. The Balaban J connectivity index is 1.14. The molecular weight excluding hydrogens is 582 g/mol. The van der Waals surface area contributed by atoms with Crippen molar-refractivity contribution in [3.63, 3.8) is 0 Å². The summed E-state index contributed by atoms with van der Waals surface area (Å²) in [6.07, 6.45) is -0.475. The SMILES string of the molecule is O=S(=O)(Nc1ccc(OCCCc2ccccc2)cc1F)c1ccc2c(c1)CCN(CCc1ccc(C(F)(F)F)nc1)C2. The number of aryl methyl sites for hydroxylation is 1. The normalized spacial score (nSPS) is 13.9. The van der Waals surface area contributed by atoms with E-state index in [9.17, 15) is 26.0 Å². The average Bonchev–Trinajstić information content (AvgIpc) is 2.99. The van der Waals surface area contributed by atoms with E-state index in [4.69, 9.17) is 4.74 Å². The number of benzene rings is 3. The summed E-state index contributed by atoms with van der Waals surface area (Å²) < 4.78 is 87.2. The summed E-state index contributed by atoms with van der Waals surface area (Å²) in [7, 11) is -4.04. The van der Waals surface area contributed by atoms with Crippen LogP contribution in [0.5, 0.6) is 5.75 Å². The van der Waals surface area contributed by atoms with E-state index < -0.39 is 27.7 Å². The Morgan fingerprint density at radius 2 is 1.72 bits per heavy atom. The van der Waals surface area contributed by atoms with Gasteiger partial charge in [0, 0.05) is 31.9 Å². The minimum absolute atomic E-state index is 0.0381. The Morgan fingerprint density at radius 3 is 2.44 bits per heavy atom. The number of ether oxygens (including phenoxy) is 1. The number of hydrogen-bond acceptors (Lipinski definition) is 5. The van der Waals surface area contributed by atoms with Crippen LogP contribution in [0.4, 0.5) is 23.2 Å². The first-order chi connectivity index (χ1) is 20.6. The molecule has 4 aromatic rings. The maximum atomic E-state index is 14.8. The fraction of sp³-hybridized carbons (Fsp3) is 0.281. The number of nitrogens with one attached hydrogen (secondary N) is 1. The molecule has 1 N–H and O–H groups in total. The van der Waals surface area contributed by atoms with Crippen molar-refractivity contribution in [1.82, 2.24) is 9.88 Å². The molecule has 0 aliphatic carbocycles. The van der Waals surface area contributed by atoms with E-state index in [1.807, 2.05) is 30.3 Å². The van der Waals surface area contributed by atoms with E-state index in [1.54, 1.807) is 12.1 Å². The molecule has 43 heavy (non-hydrogen) atoms.